The first kappa shape index (κ1) is 22.4. The number of likely N-dealkylation sites (tertiary alicyclic amines) is 1. The van der Waals surface area contributed by atoms with Crippen molar-refractivity contribution in [3.63, 3.8) is 0 Å². The number of carbonyl (C=O) groups excluding carboxylic acids is 1. The molecule has 2 heterocycles. The van der Waals surface area contributed by atoms with E-state index in [0.717, 1.165) is 25.1 Å². The molecule has 0 bridgehead atoms. The van der Waals surface area contributed by atoms with E-state index >= 15 is 0 Å². The highest BCUT2D eigenvalue weighted by Gasteiger charge is 2.26. The van der Waals surface area contributed by atoms with Crippen molar-refractivity contribution >= 4 is 28.6 Å². The molecular weight excluding hydrogens is 422 g/mol. The molecule has 1 aliphatic rings. The topological polar surface area (TPSA) is 64.4 Å². The molecule has 3 aromatic rings. The van der Waals surface area contributed by atoms with Gasteiger partial charge in [0.2, 0.25) is 5.91 Å². The van der Waals surface area contributed by atoms with Gasteiger partial charge in [0.25, 0.3) is 5.56 Å². The van der Waals surface area contributed by atoms with Gasteiger partial charge in [-0.2, -0.15) is 0 Å². The van der Waals surface area contributed by atoms with Crippen molar-refractivity contribution in [1.29, 1.82) is 0 Å². The van der Waals surface area contributed by atoms with Gasteiger partial charge < -0.3 is 9.64 Å². The molecule has 32 heavy (non-hydrogen) atoms. The fourth-order valence-electron chi connectivity index (χ4n) is 4.48. The maximum Gasteiger partial charge on any atom is 0.266 e. The number of methoxy groups -OCH3 is 1. The van der Waals surface area contributed by atoms with Gasteiger partial charge in [-0.1, -0.05) is 43.8 Å². The van der Waals surface area contributed by atoms with Gasteiger partial charge in [0.05, 0.1) is 29.5 Å². The summed E-state index contributed by atoms with van der Waals surface area (Å²) >= 11 is 1.31. The second-order valence-electron chi connectivity index (χ2n) is 8.76. The Hall–Kier alpha value is -2.80. The summed E-state index contributed by atoms with van der Waals surface area (Å²) in [6.07, 6.45) is 1.15. The van der Waals surface area contributed by atoms with Crippen LogP contribution in [0.5, 0.6) is 5.75 Å². The highest BCUT2D eigenvalue weighted by atomic mass is 32.2. The quantitative estimate of drug-likeness (QED) is 0.428. The normalized spacial score (nSPS) is 18.7. The van der Waals surface area contributed by atoms with E-state index in [2.05, 4.69) is 13.8 Å². The molecule has 2 aromatic carbocycles. The van der Waals surface area contributed by atoms with Gasteiger partial charge in [0.15, 0.2) is 5.16 Å². The van der Waals surface area contributed by atoms with Crippen LogP contribution in [0, 0.1) is 18.8 Å². The summed E-state index contributed by atoms with van der Waals surface area (Å²) in [5.74, 6) is 1.90. The van der Waals surface area contributed by atoms with Gasteiger partial charge in [-0.3, -0.25) is 14.2 Å². The summed E-state index contributed by atoms with van der Waals surface area (Å²) < 4.78 is 7.13. The number of piperidine rings is 1. The van der Waals surface area contributed by atoms with Gasteiger partial charge in [-0.15, -0.1) is 0 Å². The first-order valence-electron chi connectivity index (χ1n) is 10.9. The zero-order chi connectivity index (χ0) is 22.8. The molecule has 1 fully saturated rings. The summed E-state index contributed by atoms with van der Waals surface area (Å²) in [5.41, 5.74) is 2.08. The lowest BCUT2D eigenvalue weighted by Crippen LogP contribution is -2.43. The molecule has 1 aliphatic heterocycles. The molecule has 7 heteroatoms. The van der Waals surface area contributed by atoms with E-state index in [1.54, 1.807) is 17.7 Å². The summed E-state index contributed by atoms with van der Waals surface area (Å²) in [6, 6.07) is 13.0. The van der Waals surface area contributed by atoms with Crippen LogP contribution < -0.4 is 10.3 Å². The first-order valence-corrected chi connectivity index (χ1v) is 11.9. The van der Waals surface area contributed by atoms with Crippen LogP contribution in [0.1, 0.15) is 25.8 Å². The minimum atomic E-state index is -0.172. The van der Waals surface area contributed by atoms with Gasteiger partial charge in [0.1, 0.15) is 5.75 Å². The average Bonchev–Trinajstić information content (AvgIpc) is 2.77. The number of hydrogen-bond acceptors (Lipinski definition) is 5. The number of aryl methyl sites for hydroxylation is 1. The number of fused-ring (bicyclic) bond motifs is 1. The number of rotatable bonds is 5. The third-order valence-corrected chi connectivity index (χ3v) is 6.79. The van der Waals surface area contributed by atoms with Crippen molar-refractivity contribution in [2.75, 3.05) is 26.0 Å². The van der Waals surface area contributed by atoms with Crippen LogP contribution in [-0.4, -0.2) is 46.3 Å². The van der Waals surface area contributed by atoms with E-state index in [4.69, 9.17) is 9.72 Å². The van der Waals surface area contributed by atoms with E-state index in [1.807, 2.05) is 48.2 Å². The van der Waals surface area contributed by atoms with Crippen LogP contribution >= 0.6 is 11.8 Å². The van der Waals surface area contributed by atoms with E-state index < -0.39 is 0 Å². The third kappa shape index (κ3) is 4.53. The molecule has 6 nitrogen and oxygen atoms in total. The number of para-hydroxylation sites is 1. The monoisotopic (exact) mass is 451 g/mol. The van der Waals surface area contributed by atoms with Crippen molar-refractivity contribution in [2.45, 2.75) is 32.3 Å². The summed E-state index contributed by atoms with van der Waals surface area (Å²) in [5, 5.41) is 1.02. The Morgan fingerprint density at radius 1 is 1.16 bits per heavy atom. The van der Waals surface area contributed by atoms with Crippen molar-refractivity contribution in [2.24, 2.45) is 11.8 Å². The molecule has 1 aromatic heterocycles. The minimum Gasteiger partial charge on any atom is -0.495 e. The number of aromatic nitrogens is 2. The van der Waals surface area contributed by atoms with Gasteiger partial charge in [-0.05, 0) is 55.0 Å². The lowest BCUT2D eigenvalue weighted by molar-refractivity contribution is -0.130. The molecular formula is C25H29N3O3S. The smallest absolute Gasteiger partial charge is 0.266 e. The molecule has 4 rings (SSSR count). The predicted molar refractivity (Wildman–Crippen MR) is 129 cm³/mol. The van der Waals surface area contributed by atoms with Crippen LogP contribution in [0.3, 0.4) is 0 Å². The Kier molecular flexibility index (Phi) is 6.55. The Morgan fingerprint density at radius 2 is 1.88 bits per heavy atom. The Labute approximate surface area is 192 Å². The van der Waals surface area contributed by atoms with Gasteiger partial charge >= 0.3 is 0 Å². The summed E-state index contributed by atoms with van der Waals surface area (Å²) in [6.45, 7) is 7.92. The minimum absolute atomic E-state index is 0.0820. The average molecular weight is 452 g/mol. The summed E-state index contributed by atoms with van der Waals surface area (Å²) in [4.78, 5) is 33.2. The van der Waals surface area contributed by atoms with E-state index in [9.17, 15) is 9.59 Å². The zero-order valence-corrected chi connectivity index (χ0v) is 19.8. The molecule has 0 saturated carbocycles. The standard InChI is InChI=1S/C25H29N3O3S/c1-16-9-10-22(31-4)21(12-16)28-24(30)19-7-5-6-8-20(19)26-25(28)32-15-23(29)27-13-17(2)11-18(3)14-27/h5-10,12,17-18H,11,13-15H2,1-4H3/t17-,18-/m0/s1. The number of carbonyl (C=O) groups is 1. The number of ether oxygens (including phenoxy) is 1. The molecule has 168 valence electrons. The van der Waals surface area contributed by atoms with E-state index in [-0.39, 0.29) is 17.2 Å². The third-order valence-electron chi connectivity index (χ3n) is 5.87. The van der Waals surface area contributed by atoms with Crippen molar-refractivity contribution in [3.8, 4) is 11.4 Å². The van der Waals surface area contributed by atoms with Crippen LogP contribution in [0.25, 0.3) is 16.6 Å². The Bertz CT molecular complexity index is 1200. The lowest BCUT2D eigenvalue weighted by atomic mass is 9.92. The first-order chi connectivity index (χ1) is 15.4. The van der Waals surface area contributed by atoms with E-state index in [0.29, 0.717) is 39.3 Å². The highest BCUT2D eigenvalue weighted by molar-refractivity contribution is 7.99. The fraction of sp³-hybridized carbons (Fsp3) is 0.400. The maximum absolute atomic E-state index is 13.5. The lowest BCUT2D eigenvalue weighted by Gasteiger charge is -2.35. The summed E-state index contributed by atoms with van der Waals surface area (Å²) in [7, 11) is 1.59. The number of amides is 1. The van der Waals surface area contributed by atoms with Crippen molar-refractivity contribution in [3.05, 3.63) is 58.4 Å². The molecule has 1 amide bonds. The Balaban J connectivity index is 1.74. The van der Waals surface area contributed by atoms with Crippen LogP contribution in [-0.2, 0) is 4.79 Å². The van der Waals surface area contributed by atoms with Crippen LogP contribution in [0.2, 0.25) is 0 Å². The number of benzene rings is 2. The van der Waals surface area contributed by atoms with Crippen molar-refractivity contribution in [1.82, 2.24) is 14.5 Å². The second-order valence-corrected chi connectivity index (χ2v) is 9.70. The van der Waals surface area contributed by atoms with Gasteiger partial charge in [-0.25, -0.2) is 4.98 Å². The molecule has 0 unspecified atom stereocenters. The number of hydrogen-bond donors (Lipinski definition) is 0. The number of nitrogens with zero attached hydrogens (tertiary/aromatic N) is 3. The molecule has 0 N–H and O–H groups in total. The van der Waals surface area contributed by atoms with E-state index in [1.165, 1.54) is 11.8 Å². The molecule has 2 atom stereocenters. The second kappa shape index (κ2) is 9.36. The molecule has 0 aliphatic carbocycles. The fourth-order valence-corrected chi connectivity index (χ4v) is 5.39. The molecule has 0 radical (unpaired) electrons. The highest BCUT2D eigenvalue weighted by Crippen LogP contribution is 2.29. The largest absolute Gasteiger partial charge is 0.495 e. The zero-order valence-electron chi connectivity index (χ0n) is 19.0. The Morgan fingerprint density at radius 3 is 2.59 bits per heavy atom. The maximum atomic E-state index is 13.5. The molecule has 1 saturated heterocycles. The van der Waals surface area contributed by atoms with Gasteiger partial charge in [0, 0.05) is 13.1 Å². The predicted octanol–water partition coefficient (Wildman–Crippen LogP) is 4.30. The van der Waals surface area contributed by atoms with Crippen LogP contribution in [0.4, 0.5) is 0 Å². The molecule has 0 spiro atoms. The SMILES string of the molecule is COc1ccc(C)cc1-n1c(SCC(=O)N2C[C@@H](C)C[C@H](C)C2)nc2ccccc2c1=O. The van der Waals surface area contributed by atoms with Crippen LogP contribution in [0.15, 0.2) is 52.4 Å². The van der Waals surface area contributed by atoms with Crippen molar-refractivity contribution < 1.29 is 9.53 Å². The number of thioether (sulfide) groups is 1.